The minimum atomic E-state index is 0.339. The minimum Gasteiger partial charge on any atom is -0.397 e. The summed E-state index contributed by atoms with van der Waals surface area (Å²) in [7, 11) is 0. The number of nitrogens with zero attached hydrogens (tertiary/aromatic N) is 4. The number of hydrogen-bond acceptors (Lipinski definition) is 5. The van der Waals surface area contributed by atoms with E-state index in [4.69, 9.17) is 33.7 Å². The number of tetrazole rings is 1. The molecule has 0 fully saturated rings. The number of nitrogens with two attached hydrogens (primary N) is 1. The molecule has 20 heavy (non-hydrogen) atoms. The Morgan fingerprint density at radius 3 is 2.85 bits per heavy atom. The van der Waals surface area contributed by atoms with Crippen LogP contribution in [0.4, 0.5) is 5.69 Å². The number of aromatic nitrogens is 4. The molecule has 0 radical (unpaired) electrons. The molecule has 0 saturated carbocycles. The quantitative estimate of drug-likeness (QED) is 0.655. The van der Waals surface area contributed by atoms with Crippen LogP contribution in [0, 0.1) is 0 Å². The first-order chi connectivity index (χ1) is 9.63. The third kappa shape index (κ3) is 3.39. The fourth-order valence-corrected chi connectivity index (χ4v) is 2.10. The number of hydrogen-bond donors (Lipinski definition) is 1. The Balaban J connectivity index is 2.19. The van der Waals surface area contributed by atoms with Gasteiger partial charge in [-0.05, 0) is 35.9 Å². The lowest BCUT2D eigenvalue weighted by Crippen LogP contribution is -2.06. The average Bonchev–Trinajstić information content (AvgIpc) is 2.89. The van der Waals surface area contributed by atoms with Crippen molar-refractivity contribution in [2.24, 2.45) is 0 Å². The fraction of sp³-hybridized carbons (Fsp3) is 0.417. The Hall–Kier alpha value is -1.37. The summed E-state index contributed by atoms with van der Waals surface area (Å²) in [6, 6.07) is 3.41. The van der Waals surface area contributed by atoms with Gasteiger partial charge in [0.15, 0.2) is 5.82 Å². The predicted octanol–water partition coefficient (Wildman–Crippen LogP) is 2.66. The summed E-state index contributed by atoms with van der Waals surface area (Å²) in [5.74, 6) is 0.603. The first-order valence-electron chi connectivity index (χ1n) is 6.22. The molecular formula is C12H15Cl2N5O. The van der Waals surface area contributed by atoms with Gasteiger partial charge in [0.2, 0.25) is 0 Å². The molecule has 0 aliphatic heterocycles. The molecule has 0 bridgehead atoms. The molecule has 2 aromatic rings. The number of halogens is 2. The van der Waals surface area contributed by atoms with Gasteiger partial charge in [0.25, 0.3) is 0 Å². The fourth-order valence-electron chi connectivity index (χ4n) is 1.76. The van der Waals surface area contributed by atoms with E-state index in [0.717, 1.165) is 12.0 Å². The second kappa shape index (κ2) is 6.88. The van der Waals surface area contributed by atoms with Crippen LogP contribution < -0.4 is 5.73 Å². The van der Waals surface area contributed by atoms with Crippen LogP contribution in [0.1, 0.15) is 13.3 Å². The molecule has 2 N–H and O–H groups in total. The average molecular weight is 316 g/mol. The normalized spacial score (nSPS) is 10.9. The molecule has 0 unspecified atom stereocenters. The van der Waals surface area contributed by atoms with E-state index in [2.05, 4.69) is 15.5 Å². The van der Waals surface area contributed by atoms with Crippen molar-refractivity contribution in [3.8, 4) is 11.4 Å². The Morgan fingerprint density at radius 1 is 1.35 bits per heavy atom. The van der Waals surface area contributed by atoms with Crippen molar-refractivity contribution >= 4 is 28.9 Å². The molecule has 6 nitrogen and oxygen atoms in total. The number of aryl methyl sites for hydroxylation is 1. The molecule has 108 valence electrons. The first-order valence-corrected chi connectivity index (χ1v) is 6.98. The number of anilines is 1. The summed E-state index contributed by atoms with van der Waals surface area (Å²) < 4.78 is 6.98. The largest absolute Gasteiger partial charge is 0.397 e. The molecule has 0 atom stereocenters. The lowest BCUT2D eigenvalue weighted by molar-refractivity contribution is 0.140. The van der Waals surface area contributed by atoms with Gasteiger partial charge in [-0.15, -0.1) is 5.10 Å². The lowest BCUT2D eigenvalue weighted by atomic mass is 10.2. The van der Waals surface area contributed by atoms with E-state index in [1.807, 2.05) is 6.92 Å². The van der Waals surface area contributed by atoms with Crippen molar-refractivity contribution in [2.45, 2.75) is 19.9 Å². The van der Waals surface area contributed by atoms with Crippen LogP contribution in [-0.4, -0.2) is 33.4 Å². The molecular weight excluding hydrogens is 301 g/mol. The van der Waals surface area contributed by atoms with Crippen LogP contribution in [0.5, 0.6) is 0 Å². The van der Waals surface area contributed by atoms with Crippen LogP contribution in [0.3, 0.4) is 0 Å². The van der Waals surface area contributed by atoms with E-state index in [0.29, 0.717) is 41.3 Å². The highest BCUT2D eigenvalue weighted by atomic mass is 35.5. The maximum Gasteiger partial charge on any atom is 0.182 e. The van der Waals surface area contributed by atoms with Crippen molar-refractivity contribution in [3.63, 3.8) is 0 Å². The minimum absolute atomic E-state index is 0.339. The van der Waals surface area contributed by atoms with E-state index < -0.39 is 0 Å². The van der Waals surface area contributed by atoms with Gasteiger partial charge in [-0.3, -0.25) is 0 Å². The van der Waals surface area contributed by atoms with Crippen molar-refractivity contribution in [1.29, 1.82) is 0 Å². The first kappa shape index (κ1) is 15.0. The summed E-state index contributed by atoms with van der Waals surface area (Å²) >= 11 is 12.0. The molecule has 1 heterocycles. The Labute approximate surface area is 126 Å². The van der Waals surface area contributed by atoms with Crippen LogP contribution in [-0.2, 0) is 11.3 Å². The van der Waals surface area contributed by atoms with Crippen LogP contribution in [0.25, 0.3) is 11.4 Å². The summed E-state index contributed by atoms with van der Waals surface area (Å²) in [5, 5.41) is 12.4. The molecule has 1 aromatic heterocycles. The van der Waals surface area contributed by atoms with Crippen molar-refractivity contribution < 1.29 is 4.74 Å². The van der Waals surface area contributed by atoms with Crippen molar-refractivity contribution in [1.82, 2.24) is 20.2 Å². The summed E-state index contributed by atoms with van der Waals surface area (Å²) in [4.78, 5) is 0. The molecule has 0 amide bonds. The van der Waals surface area contributed by atoms with E-state index in [1.165, 1.54) is 0 Å². The number of ether oxygens (including phenoxy) is 1. The third-order valence-corrected chi connectivity index (χ3v) is 3.53. The summed E-state index contributed by atoms with van der Waals surface area (Å²) in [6.45, 7) is 3.98. The molecule has 8 heteroatoms. The smallest absolute Gasteiger partial charge is 0.182 e. The number of benzene rings is 1. The highest BCUT2D eigenvalue weighted by Crippen LogP contribution is 2.32. The Kier molecular flexibility index (Phi) is 5.17. The van der Waals surface area contributed by atoms with Gasteiger partial charge in [0.05, 0.1) is 15.7 Å². The van der Waals surface area contributed by atoms with Crippen molar-refractivity contribution in [2.75, 3.05) is 18.9 Å². The molecule has 2 rings (SSSR count). The Bertz CT molecular complexity index is 564. The van der Waals surface area contributed by atoms with Gasteiger partial charge in [-0.25, -0.2) is 4.68 Å². The van der Waals surface area contributed by atoms with Gasteiger partial charge in [0.1, 0.15) is 0 Å². The van der Waals surface area contributed by atoms with Crippen molar-refractivity contribution in [3.05, 3.63) is 22.2 Å². The second-order valence-corrected chi connectivity index (χ2v) is 4.92. The maximum atomic E-state index is 6.02. The maximum absolute atomic E-state index is 6.02. The Morgan fingerprint density at radius 2 is 2.15 bits per heavy atom. The standard InChI is InChI=1S/C12H15Cl2N5O/c1-2-20-5-3-4-19-12(16-17-18-19)8-6-9(13)11(14)10(15)7-8/h6-7H,2-5,15H2,1H3. The summed E-state index contributed by atoms with van der Waals surface area (Å²) in [6.07, 6.45) is 0.822. The molecule has 0 saturated heterocycles. The van der Waals surface area contributed by atoms with Gasteiger partial charge in [0, 0.05) is 25.3 Å². The number of nitrogen functional groups attached to an aromatic ring is 1. The van der Waals surface area contributed by atoms with E-state index in [1.54, 1.807) is 16.8 Å². The van der Waals surface area contributed by atoms with Gasteiger partial charge in [-0.1, -0.05) is 23.2 Å². The monoisotopic (exact) mass is 315 g/mol. The highest BCUT2D eigenvalue weighted by Gasteiger charge is 2.12. The van der Waals surface area contributed by atoms with E-state index >= 15 is 0 Å². The zero-order valence-electron chi connectivity index (χ0n) is 11.0. The SMILES string of the molecule is CCOCCCn1nnnc1-c1cc(N)c(Cl)c(Cl)c1. The lowest BCUT2D eigenvalue weighted by Gasteiger charge is -2.07. The van der Waals surface area contributed by atoms with Gasteiger partial charge in [-0.2, -0.15) is 0 Å². The van der Waals surface area contributed by atoms with Crippen LogP contribution in [0.2, 0.25) is 10.0 Å². The van der Waals surface area contributed by atoms with Crippen LogP contribution in [0.15, 0.2) is 12.1 Å². The predicted molar refractivity (Wildman–Crippen MR) is 78.8 cm³/mol. The van der Waals surface area contributed by atoms with Gasteiger partial charge < -0.3 is 10.5 Å². The third-order valence-electron chi connectivity index (χ3n) is 2.71. The molecule has 0 spiro atoms. The topological polar surface area (TPSA) is 78.8 Å². The highest BCUT2D eigenvalue weighted by molar-refractivity contribution is 6.43. The van der Waals surface area contributed by atoms with E-state index in [-0.39, 0.29) is 0 Å². The molecule has 0 aliphatic rings. The molecule has 1 aromatic carbocycles. The zero-order valence-corrected chi connectivity index (χ0v) is 12.5. The second-order valence-electron chi connectivity index (χ2n) is 4.14. The summed E-state index contributed by atoms with van der Waals surface area (Å²) in [5.41, 5.74) is 6.94. The van der Waals surface area contributed by atoms with Crippen LogP contribution >= 0.6 is 23.2 Å². The molecule has 0 aliphatic carbocycles. The zero-order chi connectivity index (χ0) is 14.5. The van der Waals surface area contributed by atoms with E-state index in [9.17, 15) is 0 Å². The number of rotatable bonds is 6. The van der Waals surface area contributed by atoms with Gasteiger partial charge >= 0.3 is 0 Å².